The summed E-state index contributed by atoms with van der Waals surface area (Å²) >= 11 is 0. The van der Waals surface area contributed by atoms with Crippen LogP contribution in [0.2, 0.25) is 0 Å². The lowest BCUT2D eigenvalue weighted by atomic mass is 9.96. The van der Waals surface area contributed by atoms with E-state index in [1.807, 2.05) is 11.0 Å². The van der Waals surface area contributed by atoms with Gasteiger partial charge in [0.25, 0.3) is 5.91 Å². The van der Waals surface area contributed by atoms with Crippen molar-refractivity contribution in [2.45, 2.75) is 37.9 Å². The number of hydrogen-bond acceptors (Lipinski definition) is 4. The van der Waals surface area contributed by atoms with Crippen LogP contribution in [0.1, 0.15) is 47.8 Å². The molecule has 6 nitrogen and oxygen atoms in total. The minimum absolute atomic E-state index is 0.0462. The van der Waals surface area contributed by atoms with Gasteiger partial charge in [-0.25, -0.2) is 0 Å². The van der Waals surface area contributed by atoms with E-state index in [0.717, 1.165) is 31.6 Å². The molecule has 0 spiro atoms. The van der Waals surface area contributed by atoms with Crippen molar-refractivity contribution >= 4 is 5.91 Å². The summed E-state index contributed by atoms with van der Waals surface area (Å²) in [5, 5.41) is 7.19. The Morgan fingerprint density at radius 3 is 2.57 bits per heavy atom. The molecule has 2 saturated heterocycles. The molecule has 2 aliphatic heterocycles. The molecule has 114 valence electrons. The van der Waals surface area contributed by atoms with E-state index in [0.29, 0.717) is 30.7 Å². The van der Waals surface area contributed by atoms with Gasteiger partial charge in [-0.3, -0.25) is 9.89 Å². The third-order valence-electron chi connectivity index (χ3n) is 4.69. The van der Waals surface area contributed by atoms with Crippen molar-refractivity contribution in [2.24, 2.45) is 5.92 Å². The molecule has 0 bridgehead atoms. The van der Waals surface area contributed by atoms with Gasteiger partial charge in [0, 0.05) is 30.6 Å². The van der Waals surface area contributed by atoms with E-state index >= 15 is 0 Å². The fraction of sp³-hybridized carbons (Fsp3) is 0.733. The molecule has 1 aromatic heterocycles. The Morgan fingerprint density at radius 2 is 1.90 bits per heavy atom. The highest BCUT2D eigenvalue weighted by atomic mass is 16.7. The van der Waals surface area contributed by atoms with Crippen LogP contribution in [0.3, 0.4) is 0 Å². The van der Waals surface area contributed by atoms with E-state index in [1.54, 1.807) is 0 Å². The van der Waals surface area contributed by atoms with Crippen molar-refractivity contribution in [3.8, 4) is 0 Å². The van der Waals surface area contributed by atoms with E-state index in [4.69, 9.17) is 9.47 Å². The van der Waals surface area contributed by atoms with Crippen molar-refractivity contribution in [1.82, 2.24) is 15.1 Å². The van der Waals surface area contributed by atoms with Crippen LogP contribution >= 0.6 is 0 Å². The van der Waals surface area contributed by atoms with Gasteiger partial charge in [-0.2, -0.15) is 5.10 Å². The number of amides is 1. The molecule has 1 N–H and O–H groups in total. The maximum atomic E-state index is 12.5. The minimum Gasteiger partial charge on any atom is -0.350 e. The Balaban J connectivity index is 1.35. The van der Waals surface area contributed by atoms with Crippen LogP contribution in [0.25, 0.3) is 0 Å². The highest BCUT2D eigenvalue weighted by molar-refractivity contribution is 5.92. The number of nitrogens with zero attached hydrogens (tertiary/aromatic N) is 2. The van der Waals surface area contributed by atoms with Crippen LogP contribution in [0.4, 0.5) is 0 Å². The van der Waals surface area contributed by atoms with Crippen LogP contribution in [0, 0.1) is 5.92 Å². The van der Waals surface area contributed by atoms with Crippen molar-refractivity contribution < 1.29 is 14.3 Å². The van der Waals surface area contributed by atoms with Gasteiger partial charge in [0.05, 0.1) is 13.2 Å². The van der Waals surface area contributed by atoms with Gasteiger partial charge in [0.15, 0.2) is 6.29 Å². The molecule has 1 amide bonds. The number of H-pyrrole nitrogens is 1. The van der Waals surface area contributed by atoms with Gasteiger partial charge < -0.3 is 14.4 Å². The van der Waals surface area contributed by atoms with E-state index in [2.05, 4.69) is 10.2 Å². The number of carbonyl (C=O) groups is 1. The van der Waals surface area contributed by atoms with Crippen LogP contribution in [0.5, 0.6) is 0 Å². The van der Waals surface area contributed by atoms with Crippen molar-refractivity contribution in [3.63, 3.8) is 0 Å². The predicted octanol–water partition coefficient (Wildman–Crippen LogP) is 1.51. The van der Waals surface area contributed by atoms with E-state index in [-0.39, 0.29) is 12.2 Å². The average Bonchev–Trinajstić information content (AvgIpc) is 3.05. The fourth-order valence-corrected chi connectivity index (χ4v) is 3.24. The standard InChI is InChI=1S/C15H21N3O3/c19-14(13-9-12(16-17-13)10-1-2-10)18-5-3-11(4-6-18)15-20-7-8-21-15/h9-11,15H,1-8H2,(H,16,17). The number of nitrogens with one attached hydrogen (secondary N) is 1. The fourth-order valence-electron chi connectivity index (χ4n) is 3.24. The first-order valence-corrected chi connectivity index (χ1v) is 7.89. The maximum Gasteiger partial charge on any atom is 0.274 e. The lowest BCUT2D eigenvalue weighted by molar-refractivity contribution is -0.0956. The van der Waals surface area contributed by atoms with Crippen molar-refractivity contribution in [3.05, 3.63) is 17.5 Å². The van der Waals surface area contributed by atoms with Gasteiger partial charge in [0.1, 0.15) is 5.69 Å². The first-order chi connectivity index (χ1) is 10.3. The number of aromatic amines is 1. The molecule has 4 rings (SSSR count). The summed E-state index contributed by atoms with van der Waals surface area (Å²) in [6.45, 7) is 2.92. The molecule has 0 aromatic carbocycles. The molecule has 0 unspecified atom stereocenters. The Hall–Kier alpha value is -1.40. The Labute approximate surface area is 123 Å². The van der Waals surface area contributed by atoms with Gasteiger partial charge in [-0.05, 0) is 31.7 Å². The zero-order valence-electron chi connectivity index (χ0n) is 12.1. The maximum absolute atomic E-state index is 12.5. The molecule has 0 atom stereocenters. The van der Waals surface area contributed by atoms with E-state index < -0.39 is 0 Å². The normalized spacial score (nSPS) is 24.7. The first kappa shape index (κ1) is 13.3. The summed E-state index contributed by atoms with van der Waals surface area (Å²) in [4.78, 5) is 14.4. The van der Waals surface area contributed by atoms with Gasteiger partial charge in [-0.1, -0.05) is 0 Å². The number of carbonyl (C=O) groups excluding carboxylic acids is 1. The monoisotopic (exact) mass is 291 g/mol. The lowest BCUT2D eigenvalue weighted by Crippen LogP contribution is -2.41. The molecule has 1 aromatic rings. The van der Waals surface area contributed by atoms with Crippen molar-refractivity contribution in [1.29, 1.82) is 0 Å². The van der Waals surface area contributed by atoms with Gasteiger partial charge in [0.2, 0.25) is 0 Å². The number of hydrogen-bond donors (Lipinski definition) is 1. The quantitative estimate of drug-likeness (QED) is 0.916. The first-order valence-electron chi connectivity index (χ1n) is 7.89. The highest BCUT2D eigenvalue weighted by Gasteiger charge is 2.33. The summed E-state index contributed by atoms with van der Waals surface area (Å²) in [6, 6.07) is 1.93. The second kappa shape index (κ2) is 5.42. The Bertz CT molecular complexity index is 512. The number of rotatable bonds is 3. The van der Waals surface area contributed by atoms with Crippen LogP contribution in [0.15, 0.2) is 6.07 Å². The van der Waals surface area contributed by atoms with Crippen LogP contribution < -0.4 is 0 Å². The molecule has 1 saturated carbocycles. The van der Waals surface area contributed by atoms with Crippen LogP contribution in [-0.4, -0.2) is 53.6 Å². The average molecular weight is 291 g/mol. The zero-order chi connectivity index (χ0) is 14.2. The SMILES string of the molecule is O=C(c1cc(C2CC2)[nH]n1)N1CCC(C2OCCO2)CC1. The molecule has 3 fully saturated rings. The van der Waals surface area contributed by atoms with Crippen molar-refractivity contribution in [2.75, 3.05) is 26.3 Å². The summed E-state index contributed by atoms with van der Waals surface area (Å²) < 4.78 is 11.1. The number of ether oxygens (including phenoxy) is 2. The van der Waals surface area contributed by atoms with Gasteiger partial charge in [-0.15, -0.1) is 0 Å². The zero-order valence-corrected chi connectivity index (χ0v) is 12.1. The topological polar surface area (TPSA) is 67.5 Å². The molecular formula is C15H21N3O3. The molecule has 3 aliphatic rings. The summed E-state index contributed by atoms with van der Waals surface area (Å²) in [5.41, 5.74) is 1.67. The van der Waals surface area contributed by atoms with E-state index in [9.17, 15) is 4.79 Å². The third-order valence-corrected chi connectivity index (χ3v) is 4.69. The summed E-state index contributed by atoms with van der Waals surface area (Å²) in [5.74, 6) is 1.06. The predicted molar refractivity (Wildman–Crippen MR) is 74.9 cm³/mol. The highest BCUT2D eigenvalue weighted by Crippen LogP contribution is 2.39. The smallest absolute Gasteiger partial charge is 0.274 e. The second-order valence-electron chi connectivity index (χ2n) is 6.22. The number of likely N-dealkylation sites (tertiary alicyclic amines) is 1. The molecule has 21 heavy (non-hydrogen) atoms. The molecule has 6 heteroatoms. The van der Waals surface area contributed by atoms with Gasteiger partial charge >= 0.3 is 0 Å². The molecule has 3 heterocycles. The Morgan fingerprint density at radius 1 is 1.19 bits per heavy atom. The second-order valence-corrected chi connectivity index (χ2v) is 6.22. The lowest BCUT2D eigenvalue weighted by Gasteiger charge is -2.33. The number of piperidine rings is 1. The molecule has 1 aliphatic carbocycles. The molecular weight excluding hydrogens is 270 g/mol. The molecule has 0 radical (unpaired) electrons. The minimum atomic E-state index is -0.0610. The summed E-state index contributed by atoms with van der Waals surface area (Å²) in [6.07, 6.45) is 4.24. The summed E-state index contributed by atoms with van der Waals surface area (Å²) in [7, 11) is 0. The van der Waals surface area contributed by atoms with Crippen LogP contribution in [-0.2, 0) is 9.47 Å². The largest absolute Gasteiger partial charge is 0.350 e. The number of aromatic nitrogens is 2. The third kappa shape index (κ3) is 2.70. The van der Waals surface area contributed by atoms with E-state index in [1.165, 1.54) is 12.8 Å². The Kier molecular flexibility index (Phi) is 3.43.